The summed E-state index contributed by atoms with van der Waals surface area (Å²) in [4.78, 5) is 23.0. The maximum absolute atomic E-state index is 11.6. The van der Waals surface area contributed by atoms with E-state index in [-0.39, 0.29) is 19.0 Å². The van der Waals surface area contributed by atoms with Crippen molar-refractivity contribution in [3.05, 3.63) is 71.3 Å². The van der Waals surface area contributed by atoms with Gasteiger partial charge in [-0.1, -0.05) is 54.3 Å². The van der Waals surface area contributed by atoms with Crippen molar-refractivity contribution in [2.45, 2.75) is 26.4 Å². The molecular weight excluding hydrogens is 342 g/mol. The minimum Gasteiger partial charge on any atom is -0.466 e. The van der Waals surface area contributed by atoms with Gasteiger partial charge in [0.1, 0.15) is 6.61 Å². The smallest absolute Gasteiger partial charge is 0.407 e. The fourth-order valence-corrected chi connectivity index (χ4v) is 2.25. The molecule has 0 fully saturated rings. The molecular formula is C22H23NO4. The number of carbonyl (C=O) groups excluding carboxylic acids is 2. The Morgan fingerprint density at radius 2 is 1.70 bits per heavy atom. The number of benzene rings is 2. The number of amides is 1. The standard InChI is InChI=1S/C22H23NO4/c1-2-26-21(24)16-19-13-11-18(12-14-19)8-6-7-15-23-22(25)27-17-20-9-4-3-5-10-20/h3-5,9-14H,2,7,15-17H2,1H3,(H,23,25). The monoisotopic (exact) mass is 365 g/mol. The molecule has 1 N–H and O–H groups in total. The molecule has 0 heterocycles. The van der Waals surface area contributed by atoms with Gasteiger partial charge < -0.3 is 14.8 Å². The van der Waals surface area contributed by atoms with E-state index < -0.39 is 6.09 Å². The Labute approximate surface area is 159 Å². The van der Waals surface area contributed by atoms with Gasteiger partial charge in [-0.15, -0.1) is 0 Å². The molecule has 2 aromatic carbocycles. The van der Waals surface area contributed by atoms with Gasteiger partial charge >= 0.3 is 12.1 Å². The number of hydrogen-bond acceptors (Lipinski definition) is 4. The number of esters is 1. The Kier molecular flexibility index (Phi) is 8.45. The first-order valence-corrected chi connectivity index (χ1v) is 8.85. The largest absolute Gasteiger partial charge is 0.466 e. The fourth-order valence-electron chi connectivity index (χ4n) is 2.25. The Morgan fingerprint density at radius 3 is 2.41 bits per heavy atom. The highest BCUT2D eigenvalue weighted by molar-refractivity contribution is 5.72. The predicted molar refractivity (Wildman–Crippen MR) is 103 cm³/mol. The summed E-state index contributed by atoms with van der Waals surface area (Å²) in [5.74, 6) is 5.79. The van der Waals surface area contributed by atoms with Crippen LogP contribution in [0.25, 0.3) is 0 Å². The SMILES string of the molecule is CCOC(=O)Cc1ccc(C#CCCNC(=O)OCc2ccccc2)cc1. The minimum atomic E-state index is -0.455. The van der Waals surface area contributed by atoms with Gasteiger partial charge in [0.15, 0.2) is 0 Å². The molecule has 0 radical (unpaired) electrons. The highest BCUT2D eigenvalue weighted by atomic mass is 16.5. The van der Waals surface area contributed by atoms with Gasteiger partial charge in [-0.2, -0.15) is 0 Å². The zero-order chi connectivity index (χ0) is 19.3. The van der Waals surface area contributed by atoms with Crippen molar-refractivity contribution in [2.75, 3.05) is 13.2 Å². The van der Waals surface area contributed by atoms with Crippen LogP contribution >= 0.6 is 0 Å². The van der Waals surface area contributed by atoms with Crippen LogP contribution in [0.3, 0.4) is 0 Å². The fraction of sp³-hybridized carbons (Fsp3) is 0.273. The predicted octanol–water partition coefficient (Wildman–Crippen LogP) is 3.46. The van der Waals surface area contributed by atoms with Crippen molar-refractivity contribution < 1.29 is 19.1 Å². The van der Waals surface area contributed by atoms with E-state index in [0.717, 1.165) is 16.7 Å². The van der Waals surface area contributed by atoms with Crippen LogP contribution in [-0.2, 0) is 27.3 Å². The van der Waals surface area contributed by atoms with Crippen molar-refractivity contribution in [1.82, 2.24) is 5.32 Å². The Hall–Kier alpha value is -3.26. The third kappa shape index (κ3) is 8.10. The summed E-state index contributed by atoms with van der Waals surface area (Å²) in [5, 5.41) is 2.67. The summed E-state index contributed by atoms with van der Waals surface area (Å²) in [6.07, 6.45) is 0.325. The Bertz CT molecular complexity index is 789. The Morgan fingerprint density at radius 1 is 0.963 bits per heavy atom. The van der Waals surface area contributed by atoms with E-state index in [1.54, 1.807) is 6.92 Å². The molecule has 1 amide bonds. The average Bonchev–Trinajstić information content (AvgIpc) is 2.68. The summed E-state index contributed by atoms with van der Waals surface area (Å²) < 4.78 is 10.0. The van der Waals surface area contributed by atoms with Crippen LogP contribution in [0.4, 0.5) is 4.79 Å². The summed E-state index contributed by atoms with van der Waals surface area (Å²) in [7, 11) is 0. The number of hydrogen-bond donors (Lipinski definition) is 1. The molecule has 5 nitrogen and oxygen atoms in total. The molecule has 5 heteroatoms. The highest BCUT2D eigenvalue weighted by Crippen LogP contribution is 2.05. The van der Waals surface area contributed by atoms with Gasteiger partial charge in [-0.3, -0.25) is 4.79 Å². The molecule has 0 bridgehead atoms. The summed E-state index contributed by atoms with van der Waals surface area (Å²) in [6, 6.07) is 17.0. The molecule has 27 heavy (non-hydrogen) atoms. The lowest BCUT2D eigenvalue weighted by Gasteiger charge is -2.05. The second-order valence-electron chi connectivity index (χ2n) is 5.72. The molecule has 0 aliphatic rings. The normalized spacial score (nSPS) is 9.67. The van der Waals surface area contributed by atoms with Crippen LogP contribution in [0.2, 0.25) is 0 Å². The number of carbonyl (C=O) groups is 2. The van der Waals surface area contributed by atoms with Gasteiger partial charge in [0.2, 0.25) is 0 Å². The summed E-state index contributed by atoms with van der Waals surface area (Å²) >= 11 is 0. The number of rotatable bonds is 7. The van der Waals surface area contributed by atoms with Crippen LogP contribution in [0.15, 0.2) is 54.6 Å². The van der Waals surface area contributed by atoms with E-state index in [4.69, 9.17) is 9.47 Å². The van der Waals surface area contributed by atoms with Gasteiger partial charge in [0.05, 0.1) is 13.0 Å². The van der Waals surface area contributed by atoms with Gasteiger partial charge in [0.25, 0.3) is 0 Å². The molecule has 0 saturated heterocycles. The second kappa shape index (κ2) is 11.4. The van der Waals surface area contributed by atoms with Crippen LogP contribution in [0.1, 0.15) is 30.0 Å². The first-order valence-electron chi connectivity index (χ1n) is 8.85. The van der Waals surface area contributed by atoms with Crippen molar-refractivity contribution in [2.24, 2.45) is 0 Å². The minimum absolute atomic E-state index is 0.235. The van der Waals surface area contributed by atoms with Crippen LogP contribution < -0.4 is 5.32 Å². The summed E-state index contributed by atoms with van der Waals surface area (Å²) in [6.45, 7) is 2.84. The molecule has 2 rings (SSSR count). The van der Waals surface area contributed by atoms with Crippen molar-refractivity contribution in [3.8, 4) is 11.8 Å². The van der Waals surface area contributed by atoms with E-state index in [0.29, 0.717) is 19.6 Å². The van der Waals surface area contributed by atoms with Crippen LogP contribution in [-0.4, -0.2) is 25.2 Å². The van der Waals surface area contributed by atoms with E-state index in [9.17, 15) is 9.59 Å². The maximum atomic E-state index is 11.6. The Balaban J connectivity index is 1.66. The van der Waals surface area contributed by atoms with Crippen molar-refractivity contribution in [1.29, 1.82) is 0 Å². The molecule has 0 aliphatic carbocycles. The maximum Gasteiger partial charge on any atom is 0.407 e. The van der Waals surface area contributed by atoms with E-state index in [2.05, 4.69) is 17.2 Å². The van der Waals surface area contributed by atoms with Crippen LogP contribution in [0, 0.1) is 11.8 Å². The molecule has 0 aliphatic heterocycles. The third-order valence-electron chi connectivity index (χ3n) is 3.57. The lowest BCUT2D eigenvalue weighted by atomic mass is 10.1. The first kappa shape index (κ1) is 20.1. The van der Waals surface area contributed by atoms with E-state index in [1.807, 2.05) is 54.6 Å². The van der Waals surface area contributed by atoms with Gasteiger partial charge in [0, 0.05) is 18.5 Å². The zero-order valence-electron chi connectivity index (χ0n) is 15.4. The summed E-state index contributed by atoms with van der Waals surface area (Å²) in [5.41, 5.74) is 2.69. The lowest BCUT2D eigenvalue weighted by molar-refractivity contribution is -0.142. The second-order valence-corrected chi connectivity index (χ2v) is 5.72. The van der Waals surface area contributed by atoms with Gasteiger partial charge in [-0.05, 0) is 30.2 Å². The third-order valence-corrected chi connectivity index (χ3v) is 3.57. The molecule has 0 atom stereocenters. The zero-order valence-corrected chi connectivity index (χ0v) is 15.4. The van der Waals surface area contributed by atoms with E-state index >= 15 is 0 Å². The number of ether oxygens (including phenoxy) is 2. The lowest BCUT2D eigenvalue weighted by Crippen LogP contribution is -2.24. The first-order chi connectivity index (χ1) is 13.2. The quantitative estimate of drug-likeness (QED) is 0.464. The van der Waals surface area contributed by atoms with E-state index in [1.165, 1.54) is 0 Å². The topological polar surface area (TPSA) is 64.6 Å². The van der Waals surface area contributed by atoms with Crippen molar-refractivity contribution >= 4 is 12.1 Å². The molecule has 0 saturated carbocycles. The molecule has 0 spiro atoms. The number of nitrogens with one attached hydrogen (secondary N) is 1. The average molecular weight is 365 g/mol. The van der Waals surface area contributed by atoms with Gasteiger partial charge in [-0.25, -0.2) is 4.79 Å². The van der Waals surface area contributed by atoms with Crippen LogP contribution in [0.5, 0.6) is 0 Å². The molecule has 0 aromatic heterocycles. The molecule has 2 aromatic rings. The highest BCUT2D eigenvalue weighted by Gasteiger charge is 2.03. The number of alkyl carbamates (subject to hydrolysis) is 1. The van der Waals surface area contributed by atoms with Crippen molar-refractivity contribution in [3.63, 3.8) is 0 Å². The molecule has 0 unspecified atom stereocenters. The molecule has 140 valence electrons.